The minimum Gasteiger partial charge on any atom is -0.337 e. The summed E-state index contributed by atoms with van der Waals surface area (Å²) in [5.74, 6) is 0.776. The number of Topliss-reactive ketones (excluding diaryl/α,β-unsaturated/α-hetero) is 1. The monoisotopic (exact) mass is 466 g/mol. The van der Waals surface area contributed by atoms with E-state index in [-0.39, 0.29) is 0 Å². The van der Waals surface area contributed by atoms with Crippen molar-refractivity contribution in [1.29, 1.82) is 0 Å². The van der Waals surface area contributed by atoms with Crippen molar-refractivity contribution in [1.82, 2.24) is 9.47 Å². The topological polar surface area (TPSA) is 25.2 Å². The first kappa shape index (κ1) is 24.9. The molecule has 0 spiro atoms. The van der Waals surface area contributed by atoms with Crippen LogP contribution in [0.4, 0.5) is 0 Å². The summed E-state index contributed by atoms with van der Waals surface area (Å²) in [5, 5.41) is 1.28. The Morgan fingerprint density at radius 3 is 2.66 bits per heavy atom. The van der Waals surface area contributed by atoms with Gasteiger partial charge in [0.15, 0.2) is 5.78 Å². The van der Waals surface area contributed by atoms with Crippen molar-refractivity contribution in [2.75, 3.05) is 13.1 Å². The van der Waals surface area contributed by atoms with Crippen LogP contribution in [-0.2, 0) is 19.5 Å². The zero-order valence-corrected chi connectivity index (χ0v) is 21.5. The van der Waals surface area contributed by atoms with E-state index in [2.05, 4.69) is 91.4 Å². The Bertz CT molecular complexity index is 1240. The number of nitrogens with zero attached hydrogens (tertiary/aromatic N) is 2. The van der Waals surface area contributed by atoms with Crippen LogP contribution in [0, 0.1) is 0 Å². The molecule has 1 aromatic heterocycles. The summed E-state index contributed by atoms with van der Waals surface area (Å²) in [5.41, 5.74) is 7.37. The lowest BCUT2D eigenvalue weighted by Crippen LogP contribution is -2.30. The van der Waals surface area contributed by atoms with Gasteiger partial charge >= 0.3 is 0 Å². The number of benzene rings is 2. The second kappa shape index (κ2) is 11.5. The number of aryl methyl sites for hydroxylation is 1. The van der Waals surface area contributed by atoms with Crippen LogP contribution in [0.1, 0.15) is 66.7 Å². The van der Waals surface area contributed by atoms with Gasteiger partial charge in [-0.1, -0.05) is 86.7 Å². The predicted molar refractivity (Wildman–Crippen MR) is 148 cm³/mol. The molecule has 3 heteroatoms. The zero-order chi connectivity index (χ0) is 24.8. The van der Waals surface area contributed by atoms with Crippen molar-refractivity contribution in [2.45, 2.75) is 59.0 Å². The van der Waals surface area contributed by atoms with Crippen LogP contribution >= 0.6 is 0 Å². The fourth-order valence-corrected chi connectivity index (χ4v) is 5.15. The summed E-state index contributed by atoms with van der Waals surface area (Å²) < 4.78 is 2.31. The lowest BCUT2D eigenvalue weighted by Gasteiger charge is -2.24. The summed E-state index contributed by atoms with van der Waals surface area (Å²) >= 11 is 0. The van der Waals surface area contributed by atoms with Gasteiger partial charge in [-0.25, -0.2) is 0 Å². The normalized spacial score (nSPS) is 14.4. The number of carbonyl (C=O) groups excluding carboxylic acids is 1. The van der Waals surface area contributed by atoms with Crippen molar-refractivity contribution < 1.29 is 4.79 Å². The zero-order valence-electron chi connectivity index (χ0n) is 21.5. The van der Waals surface area contributed by atoms with E-state index in [1.807, 2.05) is 12.2 Å². The first-order valence-electron chi connectivity index (χ1n) is 12.9. The second-order valence-corrected chi connectivity index (χ2v) is 10.0. The quantitative estimate of drug-likeness (QED) is 0.290. The van der Waals surface area contributed by atoms with Crippen LogP contribution in [0.25, 0.3) is 10.9 Å². The molecule has 3 nitrogen and oxygen atoms in total. The van der Waals surface area contributed by atoms with Crippen molar-refractivity contribution in [3.63, 3.8) is 0 Å². The van der Waals surface area contributed by atoms with E-state index in [9.17, 15) is 4.79 Å². The molecule has 0 saturated carbocycles. The first-order valence-corrected chi connectivity index (χ1v) is 12.9. The number of allylic oxidation sites excluding steroid dienone is 4. The van der Waals surface area contributed by atoms with Crippen molar-refractivity contribution in [2.24, 2.45) is 0 Å². The molecule has 0 radical (unpaired) electrons. The Hall–Kier alpha value is -3.17. The van der Waals surface area contributed by atoms with Gasteiger partial charge in [0.1, 0.15) is 0 Å². The van der Waals surface area contributed by atoms with Gasteiger partial charge in [-0.3, -0.25) is 9.69 Å². The molecule has 3 aromatic rings. The highest BCUT2D eigenvalue weighted by Gasteiger charge is 2.26. The number of aromatic nitrogens is 1. The molecule has 1 aliphatic rings. The summed E-state index contributed by atoms with van der Waals surface area (Å²) in [7, 11) is 0. The van der Waals surface area contributed by atoms with Gasteiger partial charge < -0.3 is 4.57 Å². The molecule has 0 aliphatic heterocycles. The third-order valence-corrected chi connectivity index (χ3v) is 6.94. The Morgan fingerprint density at radius 1 is 1.11 bits per heavy atom. The van der Waals surface area contributed by atoms with Crippen LogP contribution in [0.2, 0.25) is 0 Å². The van der Waals surface area contributed by atoms with E-state index in [1.54, 1.807) is 6.08 Å². The third kappa shape index (κ3) is 5.91. The largest absolute Gasteiger partial charge is 0.337 e. The van der Waals surface area contributed by atoms with Gasteiger partial charge in [-0.15, -0.1) is 0 Å². The van der Waals surface area contributed by atoms with Gasteiger partial charge in [0.05, 0.1) is 5.69 Å². The van der Waals surface area contributed by atoms with Gasteiger partial charge in [0.25, 0.3) is 0 Å². The van der Waals surface area contributed by atoms with Crippen molar-refractivity contribution >= 4 is 16.7 Å². The highest BCUT2D eigenvalue weighted by atomic mass is 16.1. The minimum atomic E-state index is 0.300. The number of fused-ring (bicyclic) bond motifs is 3. The average Bonchev–Trinajstić information content (AvgIpc) is 3.17. The smallest absolute Gasteiger partial charge is 0.179 e. The fourth-order valence-electron chi connectivity index (χ4n) is 5.15. The van der Waals surface area contributed by atoms with Crippen LogP contribution in [-0.4, -0.2) is 28.3 Å². The Balaban J connectivity index is 1.65. The second-order valence-electron chi connectivity index (χ2n) is 10.0. The molecule has 2 aromatic carbocycles. The Labute approximate surface area is 210 Å². The maximum atomic E-state index is 13.1. The molecular weight excluding hydrogens is 428 g/mol. The van der Waals surface area contributed by atoms with Crippen LogP contribution < -0.4 is 0 Å². The first-order chi connectivity index (χ1) is 17.0. The fraction of sp³-hybridized carbons (Fsp3) is 0.344. The molecule has 0 atom stereocenters. The highest BCUT2D eigenvalue weighted by molar-refractivity contribution is 6.04. The van der Waals surface area contributed by atoms with E-state index in [0.717, 1.165) is 44.7 Å². The highest BCUT2D eigenvalue weighted by Crippen LogP contribution is 2.34. The van der Waals surface area contributed by atoms with Crippen LogP contribution in [0.3, 0.4) is 0 Å². The molecule has 0 bridgehead atoms. The lowest BCUT2D eigenvalue weighted by molar-refractivity contribution is 0.0962. The Kier molecular flexibility index (Phi) is 8.20. The molecule has 0 unspecified atom stereocenters. The number of carbonyl (C=O) groups is 1. The van der Waals surface area contributed by atoms with Crippen molar-refractivity contribution in [3.05, 3.63) is 107 Å². The summed E-state index contributed by atoms with van der Waals surface area (Å²) in [6, 6.07) is 17.4. The molecule has 1 heterocycles. The summed E-state index contributed by atoms with van der Waals surface area (Å²) in [4.78, 5) is 15.6. The molecule has 0 saturated heterocycles. The van der Waals surface area contributed by atoms with Gasteiger partial charge in [-0.2, -0.15) is 0 Å². The molecule has 4 rings (SSSR count). The van der Waals surface area contributed by atoms with E-state index >= 15 is 0 Å². The standard InChI is InChI=1S/C32H38N2O/c1-5-6-8-12-25(4)22-33(23-26-13-9-7-10-14-26)19-20-34-30-18-17-27(24(2)3)21-29(30)28-15-11-16-31(35)32(28)34/h5-10,12-14,17-18,21,24H,1,11,15-16,19-20,22-23H2,2-4H3/b8-6-,25-12+. The van der Waals surface area contributed by atoms with Crippen LogP contribution in [0.15, 0.2) is 85.0 Å². The van der Waals surface area contributed by atoms with Crippen molar-refractivity contribution in [3.8, 4) is 0 Å². The summed E-state index contributed by atoms with van der Waals surface area (Å²) in [6.07, 6.45) is 10.6. The molecule has 182 valence electrons. The molecule has 0 fully saturated rings. The molecule has 0 amide bonds. The Morgan fingerprint density at radius 2 is 1.91 bits per heavy atom. The number of hydrogen-bond donors (Lipinski definition) is 0. The van der Waals surface area contributed by atoms with E-state index < -0.39 is 0 Å². The lowest BCUT2D eigenvalue weighted by atomic mass is 9.93. The van der Waals surface area contributed by atoms with Gasteiger partial charge in [0, 0.05) is 43.5 Å². The number of ketones is 1. The molecule has 1 aliphatic carbocycles. The average molecular weight is 467 g/mol. The van der Waals surface area contributed by atoms with E-state index in [4.69, 9.17) is 0 Å². The maximum Gasteiger partial charge on any atom is 0.179 e. The third-order valence-electron chi connectivity index (χ3n) is 6.94. The van der Waals surface area contributed by atoms with E-state index in [1.165, 1.54) is 33.2 Å². The molecular formula is C32H38N2O. The van der Waals surface area contributed by atoms with Crippen LogP contribution in [0.5, 0.6) is 0 Å². The molecule has 0 N–H and O–H groups in total. The predicted octanol–water partition coefficient (Wildman–Crippen LogP) is 7.47. The number of hydrogen-bond acceptors (Lipinski definition) is 2. The number of rotatable bonds is 10. The van der Waals surface area contributed by atoms with E-state index in [0.29, 0.717) is 18.1 Å². The molecule has 35 heavy (non-hydrogen) atoms. The van der Waals surface area contributed by atoms with Gasteiger partial charge in [-0.05, 0) is 54.5 Å². The maximum absolute atomic E-state index is 13.1. The minimum absolute atomic E-state index is 0.300. The summed E-state index contributed by atoms with van der Waals surface area (Å²) in [6.45, 7) is 13.8. The van der Waals surface area contributed by atoms with Gasteiger partial charge in [0.2, 0.25) is 0 Å². The SMILES string of the molecule is C=C/C=C\C=C(/C)CN(CCn1c2c(c3cc(C(C)C)ccc31)CCCC2=O)Cc1ccccc1.